The molecule has 1 aromatic carbocycles. The molecule has 2 N–H and O–H groups in total. The number of aliphatic carboxylic acids is 1. The third kappa shape index (κ3) is 5.57. The summed E-state index contributed by atoms with van der Waals surface area (Å²) in [5.41, 5.74) is 0.723. The normalized spacial score (nSPS) is 14.1. The fourth-order valence-electron chi connectivity index (χ4n) is 2.75. The first-order chi connectivity index (χ1) is 13.0. The van der Waals surface area contributed by atoms with Crippen LogP contribution in [-0.4, -0.2) is 36.0 Å². The van der Waals surface area contributed by atoms with E-state index in [1.807, 2.05) is 32.0 Å². The monoisotopic (exact) mass is 375 g/mol. The van der Waals surface area contributed by atoms with E-state index in [2.05, 4.69) is 5.32 Å². The molecule has 1 heterocycles. The lowest BCUT2D eigenvalue weighted by Crippen LogP contribution is -2.36. The van der Waals surface area contributed by atoms with Crippen molar-refractivity contribution in [2.75, 3.05) is 13.2 Å². The number of allylic oxidation sites excluding steroid dienone is 1. The summed E-state index contributed by atoms with van der Waals surface area (Å²) in [6.45, 7) is 5.18. The largest absolute Gasteiger partial charge is 0.490 e. The Morgan fingerprint density at radius 3 is 2.37 bits per heavy atom. The number of ketones is 1. The summed E-state index contributed by atoms with van der Waals surface area (Å²) in [6.07, 6.45) is 2.01. The maximum atomic E-state index is 11.8. The Labute approximate surface area is 158 Å². The molecular formula is C20H25NO6. The molecule has 0 spiro atoms. The van der Waals surface area contributed by atoms with Gasteiger partial charge in [0.15, 0.2) is 17.3 Å². The number of ether oxygens (including phenoxy) is 2. The average molecular weight is 375 g/mol. The molecule has 0 fully saturated rings. The average Bonchev–Trinajstić information content (AvgIpc) is 2.62. The Morgan fingerprint density at radius 1 is 1.07 bits per heavy atom. The number of rotatable bonds is 10. The number of aryl methyl sites for hydroxylation is 1. The maximum Gasteiger partial charge on any atom is 0.341 e. The van der Waals surface area contributed by atoms with Crippen molar-refractivity contribution < 1.29 is 29.0 Å². The summed E-state index contributed by atoms with van der Waals surface area (Å²) in [7, 11) is 0. The fourth-order valence-corrected chi connectivity index (χ4v) is 2.75. The Hall–Kier alpha value is -2.83. The summed E-state index contributed by atoms with van der Waals surface area (Å²) in [4.78, 5) is 34.8. The van der Waals surface area contributed by atoms with Gasteiger partial charge in [-0.25, -0.2) is 4.79 Å². The zero-order chi connectivity index (χ0) is 19.8. The number of carbonyl (C=O) groups is 3. The van der Waals surface area contributed by atoms with Crippen molar-refractivity contribution in [1.82, 2.24) is 5.32 Å². The van der Waals surface area contributed by atoms with Gasteiger partial charge in [0.25, 0.3) is 0 Å². The van der Waals surface area contributed by atoms with Gasteiger partial charge in [-0.2, -0.15) is 0 Å². The van der Waals surface area contributed by atoms with Crippen LogP contribution < -0.4 is 14.8 Å². The molecule has 0 bridgehead atoms. The molecule has 0 unspecified atom stereocenters. The minimum absolute atomic E-state index is 0.158. The lowest BCUT2D eigenvalue weighted by molar-refractivity contribution is -0.135. The van der Waals surface area contributed by atoms with Gasteiger partial charge in [0, 0.05) is 5.70 Å². The standard InChI is InChI=1S/C20H25NO6/c1-3-9-26-16-8-6-13(11-17(16)27-10-4-2)5-7-14-19(20(24)25)15(22)12-18(23)21-14/h6,8,11H,3-5,7,9-10,12H2,1-2H3,(H,21,23)(H,24,25). The number of nitrogens with one attached hydrogen (secondary N) is 1. The fraction of sp³-hybridized carbons (Fsp3) is 0.450. The van der Waals surface area contributed by atoms with E-state index in [9.17, 15) is 19.5 Å². The molecule has 0 atom stereocenters. The second kappa shape index (κ2) is 9.75. The van der Waals surface area contributed by atoms with Crippen LogP contribution in [-0.2, 0) is 20.8 Å². The first kappa shape index (κ1) is 20.5. The van der Waals surface area contributed by atoms with Crippen LogP contribution in [0, 0.1) is 0 Å². The topological polar surface area (TPSA) is 102 Å². The van der Waals surface area contributed by atoms with E-state index in [1.54, 1.807) is 0 Å². The van der Waals surface area contributed by atoms with Crippen molar-refractivity contribution in [3.63, 3.8) is 0 Å². The predicted octanol–water partition coefficient (Wildman–Crippen LogP) is 2.62. The van der Waals surface area contributed by atoms with Gasteiger partial charge >= 0.3 is 5.97 Å². The lowest BCUT2D eigenvalue weighted by atomic mass is 9.97. The summed E-state index contributed by atoms with van der Waals surface area (Å²) >= 11 is 0. The van der Waals surface area contributed by atoms with E-state index < -0.39 is 24.1 Å². The van der Waals surface area contributed by atoms with E-state index in [4.69, 9.17) is 9.47 Å². The highest BCUT2D eigenvalue weighted by atomic mass is 16.5. The lowest BCUT2D eigenvalue weighted by Gasteiger charge is -2.18. The molecule has 1 aliphatic rings. The van der Waals surface area contributed by atoms with Gasteiger partial charge in [0.05, 0.1) is 19.6 Å². The predicted molar refractivity (Wildman–Crippen MR) is 98.8 cm³/mol. The van der Waals surface area contributed by atoms with Crippen LogP contribution >= 0.6 is 0 Å². The number of hydrogen-bond acceptors (Lipinski definition) is 5. The molecule has 0 aromatic heterocycles. The molecule has 0 saturated heterocycles. The third-order valence-corrected chi connectivity index (χ3v) is 4.00. The number of Topliss-reactive ketones (excluding diaryl/α,β-unsaturated/α-hetero) is 1. The first-order valence-corrected chi connectivity index (χ1v) is 9.14. The highest BCUT2D eigenvalue weighted by Crippen LogP contribution is 2.30. The Bertz CT molecular complexity index is 753. The Balaban J connectivity index is 2.18. The van der Waals surface area contributed by atoms with Crippen LogP contribution in [0.3, 0.4) is 0 Å². The number of carboxylic acid groups (broad SMARTS) is 1. The molecule has 0 radical (unpaired) electrons. The zero-order valence-corrected chi connectivity index (χ0v) is 15.7. The quantitative estimate of drug-likeness (QED) is 0.481. The molecular weight excluding hydrogens is 350 g/mol. The maximum absolute atomic E-state index is 11.8. The molecule has 1 amide bonds. The Kier molecular flexibility index (Phi) is 7.40. The van der Waals surface area contributed by atoms with E-state index in [0.29, 0.717) is 31.1 Å². The van der Waals surface area contributed by atoms with Gasteiger partial charge in [-0.15, -0.1) is 0 Å². The SMILES string of the molecule is CCCOc1ccc(CCC2=C(C(=O)O)C(=O)CC(=O)N2)cc1OCCC. The molecule has 146 valence electrons. The van der Waals surface area contributed by atoms with Gasteiger partial charge < -0.3 is 19.9 Å². The van der Waals surface area contributed by atoms with Crippen molar-refractivity contribution in [2.24, 2.45) is 0 Å². The van der Waals surface area contributed by atoms with E-state index in [0.717, 1.165) is 18.4 Å². The minimum Gasteiger partial charge on any atom is -0.490 e. The van der Waals surface area contributed by atoms with Crippen LogP contribution in [0.5, 0.6) is 11.5 Å². The van der Waals surface area contributed by atoms with E-state index in [-0.39, 0.29) is 17.7 Å². The first-order valence-electron chi connectivity index (χ1n) is 9.14. The van der Waals surface area contributed by atoms with Crippen molar-refractivity contribution >= 4 is 17.7 Å². The van der Waals surface area contributed by atoms with Crippen molar-refractivity contribution in [2.45, 2.75) is 46.0 Å². The molecule has 2 rings (SSSR count). The van der Waals surface area contributed by atoms with Crippen molar-refractivity contribution in [3.05, 3.63) is 35.0 Å². The van der Waals surface area contributed by atoms with E-state index >= 15 is 0 Å². The molecule has 7 nitrogen and oxygen atoms in total. The third-order valence-electron chi connectivity index (χ3n) is 4.00. The number of carboxylic acids is 1. The highest BCUT2D eigenvalue weighted by Gasteiger charge is 2.29. The van der Waals surface area contributed by atoms with Crippen molar-refractivity contribution in [3.8, 4) is 11.5 Å². The molecule has 0 saturated carbocycles. The molecule has 1 aliphatic heterocycles. The second-order valence-electron chi connectivity index (χ2n) is 6.28. The highest BCUT2D eigenvalue weighted by molar-refractivity contribution is 6.23. The number of carbonyl (C=O) groups excluding carboxylic acids is 2. The van der Waals surface area contributed by atoms with Gasteiger partial charge in [0.2, 0.25) is 5.91 Å². The van der Waals surface area contributed by atoms with Crippen molar-refractivity contribution in [1.29, 1.82) is 0 Å². The second-order valence-corrected chi connectivity index (χ2v) is 6.28. The van der Waals surface area contributed by atoms with E-state index in [1.165, 1.54) is 0 Å². The summed E-state index contributed by atoms with van der Waals surface area (Å²) in [5, 5.41) is 11.8. The number of benzene rings is 1. The van der Waals surface area contributed by atoms with Crippen LogP contribution in [0.25, 0.3) is 0 Å². The Morgan fingerprint density at radius 2 is 1.74 bits per heavy atom. The van der Waals surface area contributed by atoms with Gasteiger partial charge in [-0.3, -0.25) is 9.59 Å². The molecule has 0 aliphatic carbocycles. The van der Waals surface area contributed by atoms with Gasteiger partial charge in [-0.1, -0.05) is 19.9 Å². The van der Waals surface area contributed by atoms with Crippen LogP contribution in [0.4, 0.5) is 0 Å². The molecule has 27 heavy (non-hydrogen) atoms. The van der Waals surface area contributed by atoms with Gasteiger partial charge in [0.1, 0.15) is 5.57 Å². The van der Waals surface area contributed by atoms with Crippen LogP contribution in [0.2, 0.25) is 0 Å². The summed E-state index contributed by atoms with van der Waals surface area (Å²) in [6, 6.07) is 5.55. The smallest absolute Gasteiger partial charge is 0.341 e. The van der Waals surface area contributed by atoms with Crippen LogP contribution in [0.15, 0.2) is 29.5 Å². The summed E-state index contributed by atoms with van der Waals surface area (Å²) in [5.74, 6) is -1.14. The molecule has 7 heteroatoms. The minimum atomic E-state index is -1.31. The zero-order valence-electron chi connectivity index (χ0n) is 15.7. The number of amides is 1. The van der Waals surface area contributed by atoms with Gasteiger partial charge in [-0.05, 0) is 43.4 Å². The number of hydrogen-bond donors (Lipinski definition) is 2. The summed E-state index contributed by atoms with van der Waals surface area (Å²) < 4.78 is 11.5. The van der Waals surface area contributed by atoms with Crippen LogP contribution in [0.1, 0.15) is 45.1 Å². The molecule has 1 aromatic rings.